The second-order valence-electron chi connectivity index (χ2n) is 6.26. The number of aliphatic imine (C=N–C) groups is 1. The molecular formula is C17H20N4OS. The van der Waals surface area contributed by atoms with Gasteiger partial charge < -0.3 is 0 Å². The zero-order valence-electron chi connectivity index (χ0n) is 13.2. The second-order valence-corrected chi connectivity index (χ2v) is 7.55. The second kappa shape index (κ2) is 6.00. The number of rotatable bonds is 2. The number of thioether (sulfide) groups is 1. The third kappa shape index (κ3) is 2.65. The third-order valence-electron chi connectivity index (χ3n) is 4.68. The molecule has 2 aromatic rings. The number of hydrogen-bond donors (Lipinski definition) is 1. The van der Waals surface area contributed by atoms with Crippen molar-refractivity contribution in [2.45, 2.75) is 50.3 Å². The van der Waals surface area contributed by atoms with Crippen LogP contribution in [0.2, 0.25) is 0 Å². The van der Waals surface area contributed by atoms with E-state index >= 15 is 0 Å². The minimum Gasteiger partial charge on any atom is -0.268 e. The van der Waals surface area contributed by atoms with Crippen molar-refractivity contribution in [3.63, 3.8) is 0 Å². The van der Waals surface area contributed by atoms with Crippen molar-refractivity contribution in [3.8, 4) is 0 Å². The van der Waals surface area contributed by atoms with Gasteiger partial charge in [0.1, 0.15) is 0 Å². The van der Waals surface area contributed by atoms with Crippen molar-refractivity contribution in [1.29, 1.82) is 0 Å². The van der Waals surface area contributed by atoms with Crippen LogP contribution in [0.15, 0.2) is 34.3 Å². The fourth-order valence-electron chi connectivity index (χ4n) is 3.58. The van der Waals surface area contributed by atoms with Gasteiger partial charge in [0, 0.05) is 12.4 Å². The molecule has 4 rings (SSSR count). The molecule has 6 heteroatoms. The summed E-state index contributed by atoms with van der Waals surface area (Å²) in [6.07, 6.45) is 9.59. The summed E-state index contributed by atoms with van der Waals surface area (Å²) in [6, 6.07) is 4.32. The molecule has 0 spiro atoms. The molecule has 1 atom stereocenters. The first-order chi connectivity index (χ1) is 11.2. The van der Waals surface area contributed by atoms with Crippen LogP contribution in [0.25, 0.3) is 0 Å². The molecule has 1 unspecified atom stereocenters. The Morgan fingerprint density at radius 3 is 2.87 bits per heavy atom. The van der Waals surface area contributed by atoms with Gasteiger partial charge in [0.05, 0.1) is 21.9 Å². The van der Waals surface area contributed by atoms with Crippen molar-refractivity contribution < 1.29 is 0 Å². The van der Waals surface area contributed by atoms with E-state index in [0.717, 1.165) is 34.8 Å². The fraction of sp³-hybridized carbons (Fsp3) is 0.471. The van der Waals surface area contributed by atoms with Crippen molar-refractivity contribution in [2.24, 2.45) is 4.99 Å². The molecule has 0 radical (unpaired) electrons. The highest BCUT2D eigenvalue weighted by molar-refractivity contribution is 8.14. The lowest BCUT2D eigenvalue weighted by Gasteiger charge is -2.26. The lowest BCUT2D eigenvalue weighted by atomic mass is 9.95. The van der Waals surface area contributed by atoms with Crippen LogP contribution in [0.4, 0.5) is 5.82 Å². The summed E-state index contributed by atoms with van der Waals surface area (Å²) in [6.45, 7) is 2.01. The van der Waals surface area contributed by atoms with Gasteiger partial charge in [0.25, 0.3) is 5.56 Å². The zero-order chi connectivity index (χ0) is 15.8. The highest BCUT2D eigenvalue weighted by atomic mass is 32.2. The monoisotopic (exact) mass is 328 g/mol. The number of nitrogens with one attached hydrogen (secondary N) is 1. The van der Waals surface area contributed by atoms with E-state index < -0.39 is 0 Å². The highest BCUT2D eigenvalue weighted by Gasteiger charge is 2.32. The Balaban J connectivity index is 1.82. The summed E-state index contributed by atoms with van der Waals surface area (Å²) in [4.78, 5) is 21.6. The van der Waals surface area contributed by atoms with Crippen molar-refractivity contribution in [3.05, 3.63) is 46.0 Å². The molecule has 0 bridgehead atoms. The maximum absolute atomic E-state index is 12.6. The first-order valence-electron chi connectivity index (χ1n) is 8.20. The number of H-pyrrole nitrogens is 1. The number of pyridine rings is 1. The molecule has 1 saturated carbocycles. The fourth-order valence-corrected chi connectivity index (χ4v) is 4.66. The van der Waals surface area contributed by atoms with E-state index in [9.17, 15) is 4.79 Å². The molecule has 3 heterocycles. The Bertz CT molecular complexity index is 787. The third-order valence-corrected chi connectivity index (χ3v) is 5.85. The van der Waals surface area contributed by atoms with Gasteiger partial charge in [-0.25, -0.2) is 4.99 Å². The standard InChI is InChI=1S/C17H20N4OS/c1-11-19-16-14(15(23-11)12-6-5-9-18-10-12)17(22)20-21(16)13-7-3-2-4-8-13/h5-6,9-10,13,15H,2-4,7-8H2,1H3,(H,20,22). The summed E-state index contributed by atoms with van der Waals surface area (Å²) in [5.74, 6) is 0.826. The van der Waals surface area contributed by atoms with Crippen LogP contribution in [0, 0.1) is 0 Å². The average molecular weight is 328 g/mol. The molecule has 2 aromatic heterocycles. The van der Waals surface area contributed by atoms with Gasteiger partial charge in [-0.3, -0.25) is 19.6 Å². The largest absolute Gasteiger partial charge is 0.271 e. The molecule has 0 aromatic carbocycles. The van der Waals surface area contributed by atoms with E-state index in [4.69, 9.17) is 4.99 Å². The van der Waals surface area contributed by atoms with E-state index in [0.29, 0.717) is 6.04 Å². The predicted molar refractivity (Wildman–Crippen MR) is 93.6 cm³/mol. The first-order valence-corrected chi connectivity index (χ1v) is 9.08. The van der Waals surface area contributed by atoms with Crippen LogP contribution >= 0.6 is 11.8 Å². The lowest BCUT2D eigenvalue weighted by molar-refractivity contribution is 0.331. The molecule has 1 fully saturated rings. The minimum atomic E-state index is -0.0233. The number of fused-ring (bicyclic) bond motifs is 1. The number of aromatic amines is 1. The average Bonchev–Trinajstić information content (AvgIpc) is 2.92. The van der Waals surface area contributed by atoms with E-state index in [-0.39, 0.29) is 10.8 Å². The van der Waals surface area contributed by atoms with E-state index in [1.54, 1.807) is 18.0 Å². The minimum absolute atomic E-state index is 0.0109. The predicted octanol–water partition coefficient (Wildman–Crippen LogP) is 3.96. The summed E-state index contributed by atoms with van der Waals surface area (Å²) in [7, 11) is 0. The van der Waals surface area contributed by atoms with Crippen molar-refractivity contribution in [2.75, 3.05) is 0 Å². The molecule has 5 nitrogen and oxygen atoms in total. The first kappa shape index (κ1) is 14.8. The van der Waals surface area contributed by atoms with Crippen LogP contribution < -0.4 is 5.56 Å². The van der Waals surface area contributed by atoms with Gasteiger partial charge in [0.2, 0.25) is 0 Å². The summed E-state index contributed by atoms with van der Waals surface area (Å²) in [5, 5.41) is 4.04. The molecule has 1 N–H and O–H groups in total. The Morgan fingerprint density at radius 1 is 1.30 bits per heavy atom. The smallest absolute Gasteiger partial charge is 0.268 e. The van der Waals surface area contributed by atoms with Crippen molar-refractivity contribution >= 4 is 22.6 Å². The topological polar surface area (TPSA) is 63.0 Å². The van der Waals surface area contributed by atoms with Gasteiger partial charge in [-0.15, -0.1) is 0 Å². The van der Waals surface area contributed by atoms with E-state index in [2.05, 4.69) is 10.1 Å². The number of hydrogen-bond acceptors (Lipinski definition) is 4. The quantitative estimate of drug-likeness (QED) is 0.907. The normalized spacial score (nSPS) is 21.8. The summed E-state index contributed by atoms with van der Waals surface area (Å²) in [5.41, 5.74) is 1.82. The molecule has 2 aliphatic rings. The van der Waals surface area contributed by atoms with Gasteiger partial charge in [0.15, 0.2) is 5.82 Å². The maximum Gasteiger partial charge on any atom is 0.271 e. The van der Waals surface area contributed by atoms with Crippen LogP contribution in [-0.4, -0.2) is 19.8 Å². The Hall–Kier alpha value is -1.82. The number of aromatic nitrogens is 3. The van der Waals surface area contributed by atoms with Gasteiger partial charge >= 0.3 is 0 Å². The molecule has 23 heavy (non-hydrogen) atoms. The Kier molecular flexibility index (Phi) is 3.85. The number of nitrogens with zero attached hydrogens (tertiary/aromatic N) is 3. The van der Waals surface area contributed by atoms with Crippen LogP contribution in [-0.2, 0) is 0 Å². The Labute approximate surface area is 139 Å². The maximum atomic E-state index is 12.6. The van der Waals surface area contributed by atoms with E-state index in [1.165, 1.54) is 19.3 Å². The Morgan fingerprint density at radius 2 is 2.13 bits per heavy atom. The SMILES string of the molecule is CC1=Nc2c(c(=O)[nH]n2C2CCCCC2)C(c2cccnc2)S1. The van der Waals surface area contributed by atoms with Crippen LogP contribution in [0.1, 0.15) is 61.4 Å². The van der Waals surface area contributed by atoms with Crippen LogP contribution in [0.3, 0.4) is 0 Å². The molecule has 0 amide bonds. The lowest BCUT2D eigenvalue weighted by Crippen LogP contribution is -2.16. The molecule has 120 valence electrons. The molecule has 1 aliphatic heterocycles. The van der Waals surface area contributed by atoms with Gasteiger partial charge in [-0.05, 0) is 31.4 Å². The van der Waals surface area contributed by atoms with Gasteiger partial charge in [-0.2, -0.15) is 0 Å². The summed E-state index contributed by atoms with van der Waals surface area (Å²) >= 11 is 1.63. The highest BCUT2D eigenvalue weighted by Crippen LogP contribution is 2.44. The molecule has 0 saturated heterocycles. The van der Waals surface area contributed by atoms with Crippen LogP contribution in [0.5, 0.6) is 0 Å². The van der Waals surface area contributed by atoms with Gasteiger partial charge in [-0.1, -0.05) is 37.1 Å². The zero-order valence-corrected chi connectivity index (χ0v) is 14.0. The van der Waals surface area contributed by atoms with Crippen molar-refractivity contribution in [1.82, 2.24) is 14.8 Å². The molecule has 1 aliphatic carbocycles. The summed E-state index contributed by atoms with van der Waals surface area (Å²) < 4.78 is 2.03. The van der Waals surface area contributed by atoms with E-state index in [1.807, 2.05) is 29.9 Å². The molecular weight excluding hydrogens is 308 g/mol.